The quantitative estimate of drug-likeness (QED) is 0.213. The lowest BCUT2D eigenvalue weighted by Crippen LogP contribution is -2.16. The van der Waals surface area contributed by atoms with E-state index in [1.165, 1.54) is 18.9 Å². The highest BCUT2D eigenvalue weighted by Gasteiger charge is 2.24. The van der Waals surface area contributed by atoms with E-state index in [0.29, 0.717) is 23.4 Å². The maximum Gasteiger partial charge on any atom is 0.142 e. The Labute approximate surface area is 221 Å². The van der Waals surface area contributed by atoms with Crippen LogP contribution in [0.25, 0.3) is 23.1 Å². The van der Waals surface area contributed by atoms with Crippen molar-refractivity contribution in [2.75, 3.05) is 20.3 Å². The van der Waals surface area contributed by atoms with Gasteiger partial charge >= 0.3 is 0 Å². The zero-order valence-electron chi connectivity index (χ0n) is 20.9. The number of fused-ring (bicyclic) bond motifs is 1. The molecular weight excluding hydrogens is 489 g/mol. The number of nitrogens with zero attached hydrogens (tertiary/aromatic N) is 1. The van der Waals surface area contributed by atoms with Crippen LogP contribution in [0.15, 0.2) is 66.7 Å². The first kappa shape index (κ1) is 25.2. The molecule has 4 aromatic rings. The van der Waals surface area contributed by atoms with Gasteiger partial charge in [-0.3, -0.25) is 0 Å². The zero-order chi connectivity index (χ0) is 25.8. The van der Waals surface area contributed by atoms with Gasteiger partial charge in [-0.15, -0.1) is 0 Å². The summed E-state index contributed by atoms with van der Waals surface area (Å²) in [5.74, 6) is 1.83. The minimum absolute atomic E-state index is 0.0677. The largest absolute Gasteiger partial charge is 0.497 e. The van der Waals surface area contributed by atoms with Gasteiger partial charge in [0.25, 0.3) is 0 Å². The topological polar surface area (TPSA) is 40.6 Å². The summed E-state index contributed by atoms with van der Waals surface area (Å²) in [6.07, 6.45) is 6.21. The Morgan fingerprint density at radius 1 is 1.05 bits per heavy atom. The van der Waals surface area contributed by atoms with Crippen LogP contribution in [0, 0.1) is 18.7 Å². The van der Waals surface area contributed by atoms with Crippen molar-refractivity contribution in [1.82, 2.24) is 4.98 Å². The molecule has 1 atom stereocenters. The van der Waals surface area contributed by atoms with Crippen LogP contribution in [0.4, 0.5) is 4.39 Å². The number of pyridine rings is 1. The average molecular weight is 518 g/mol. The van der Waals surface area contributed by atoms with Gasteiger partial charge in [0.2, 0.25) is 0 Å². The third-order valence-electron chi connectivity index (χ3n) is 6.48. The third-order valence-corrected chi connectivity index (χ3v) is 6.77. The fourth-order valence-corrected chi connectivity index (χ4v) is 4.28. The van der Waals surface area contributed by atoms with E-state index in [9.17, 15) is 4.39 Å². The molecular formula is C31H29ClFNO3. The monoisotopic (exact) mass is 517 g/mol. The highest BCUT2D eigenvalue weighted by atomic mass is 35.5. The number of aryl methyl sites for hydroxylation is 1. The molecule has 1 unspecified atom stereocenters. The molecule has 0 amide bonds. The molecule has 6 heteroatoms. The third kappa shape index (κ3) is 6.48. The summed E-state index contributed by atoms with van der Waals surface area (Å²) < 4.78 is 31.5. The standard InChI is InChI=1S/C31H29ClFNO3/c1-20-14-26(35-2)12-13-30(20)37-19-31(36-18-22-6-7-22)24-5-3-4-21(15-24)8-10-25-11-9-23-16-28(33)27(32)17-29(23)34-25/h3-5,8-17,22,31H,6-7,18-19H2,1-2H3/b10-8+. The van der Waals surface area contributed by atoms with Gasteiger partial charge in [0.1, 0.15) is 30.0 Å². The first-order valence-electron chi connectivity index (χ1n) is 12.4. The Morgan fingerprint density at radius 2 is 1.92 bits per heavy atom. The summed E-state index contributed by atoms with van der Waals surface area (Å²) >= 11 is 5.94. The molecule has 0 aliphatic heterocycles. The van der Waals surface area contributed by atoms with Crippen molar-refractivity contribution in [1.29, 1.82) is 0 Å². The normalized spacial score (nSPS) is 14.3. The fraction of sp³-hybridized carbons (Fsp3) is 0.258. The van der Waals surface area contributed by atoms with E-state index < -0.39 is 5.82 Å². The Balaban J connectivity index is 1.33. The van der Waals surface area contributed by atoms with Crippen LogP contribution in [0.1, 0.15) is 41.3 Å². The van der Waals surface area contributed by atoms with E-state index >= 15 is 0 Å². The number of rotatable bonds is 10. The van der Waals surface area contributed by atoms with Crippen LogP contribution in [0.5, 0.6) is 11.5 Å². The van der Waals surface area contributed by atoms with Gasteiger partial charge in [-0.1, -0.05) is 41.9 Å². The number of methoxy groups -OCH3 is 1. The number of aromatic nitrogens is 1. The highest BCUT2D eigenvalue weighted by Crippen LogP contribution is 2.32. The van der Waals surface area contributed by atoms with Crippen molar-refractivity contribution >= 4 is 34.7 Å². The molecule has 5 rings (SSSR count). The van der Waals surface area contributed by atoms with Gasteiger partial charge < -0.3 is 14.2 Å². The maximum absolute atomic E-state index is 13.7. The Hall–Kier alpha value is -3.41. The lowest BCUT2D eigenvalue weighted by atomic mass is 10.1. The van der Waals surface area contributed by atoms with Crippen molar-refractivity contribution < 1.29 is 18.6 Å². The van der Waals surface area contributed by atoms with E-state index in [-0.39, 0.29) is 11.1 Å². The van der Waals surface area contributed by atoms with Crippen molar-refractivity contribution in [2.24, 2.45) is 5.92 Å². The number of hydrogen-bond donors (Lipinski definition) is 0. The zero-order valence-corrected chi connectivity index (χ0v) is 21.7. The highest BCUT2D eigenvalue weighted by molar-refractivity contribution is 6.31. The summed E-state index contributed by atoms with van der Waals surface area (Å²) in [7, 11) is 1.66. The van der Waals surface area contributed by atoms with Crippen molar-refractivity contribution in [3.05, 3.63) is 100.0 Å². The van der Waals surface area contributed by atoms with Crippen LogP contribution in [0.3, 0.4) is 0 Å². The molecule has 0 spiro atoms. The summed E-state index contributed by atoms with van der Waals surface area (Å²) in [5, 5.41) is 0.780. The number of hydrogen-bond acceptors (Lipinski definition) is 4. The fourth-order valence-electron chi connectivity index (χ4n) is 4.12. The van der Waals surface area contributed by atoms with E-state index in [1.54, 1.807) is 13.2 Å². The molecule has 0 radical (unpaired) electrons. The number of halogens is 2. The van der Waals surface area contributed by atoms with E-state index in [1.807, 2.05) is 61.5 Å². The predicted molar refractivity (Wildman–Crippen MR) is 147 cm³/mol. The summed E-state index contributed by atoms with van der Waals surface area (Å²) in [4.78, 5) is 4.60. The van der Waals surface area contributed by atoms with Crippen molar-refractivity contribution in [3.8, 4) is 11.5 Å². The van der Waals surface area contributed by atoms with Gasteiger partial charge in [-0.05, 0) is 90.9 Å². The van der Waals surface area contributed by atoms with E-state index in [2.05, 4.69) is 17.1 Å². The van der Waals surface area contributed by atoms with Crippen molar-refractivity contribution in [3.63, 3.8) is 0 Å². The minimum Gasteiger partial charge on any atom is -0.497 e. The van der Waals surface area contributed by atoms with Crippen LogP contribution < -0.4 is 9.47 Å². The maximum atomic E-state index is 13.7. The molecule has 1 aromatic heterocycles. The predicted octanol–water partition coefficient (Wildman–Crippen LogP) is 8.06. The second kappa shape index (κ2) is 11.3. The molecule has 4 nitrogen and oxygen atoms in total. The first-order valence-corrected chi connectivity index (χ1v) is 12.8. The molecule has 3 aromatic carbocycles. The van der Waals surface area contributed by atoms with Crippen LogP contribution in [0.2, 0.25) is 5.02 Å². The molecule has 0 bridgehead atoms. The molecule has 1 heterocycles. The molecule has 37 heavy (non-hydrogen) atoms. The second-order valence-corrected chi connectivity index (χ2v) is 9.81. The molecule has 1 saturated carbocycles. The first-order chi connectivity index (χ1) is 18.0. The second-order valence-electron chi connectivity index (χ2n) is 9.41. The minimum atomic E-state index is -0.444. The van der Waals surface area contributed by atoms with Gasteiger partial charge in [0, 0.05) is 5.39 Å². The van der Waals surface area contributed by atoms with Crippen molar-refractivity contribution in [2.45, 2.75) is 25.9 Å². The Morgan fingerprint density at radius 3 is 2.70 bits per heavy atom. The molecule has 190 valence electrons. The summed E-state index contributed by atoms with van der Waals surface area (Å²) in [6.45, 7) is 3.16. The lowest BCUT2D eigenvalue weighted by molar-refractivity contribution is 0.0131. The number of ether oxygens (including phenoxy) is 3. The molecule has 1 aliphatic rings. The van der Waals surface area contributed by atoms with Crippen LogP contribution >= 0.6 is 11.6 Å². The number of benzene rings is 3. The SMILES string of the molecule is COc1ccc(OCC(OCC2CC2)c2cccc(/C=C/c3ccc4cc(F)c(Cl)cc4n3)c2)c(C)c1. The summed E-state index contributed by atoms with van der Waals surface area (Å²) in [5.41, 5.74) is 4.52. The smallest absolute Gasteiger partial charge is 0.142 e. The van der Waals surface area contributed by atoms with Crippen LogP contribution in [-0.4, -0.2) is 25.3 Å². The molecule has 0 saturated heterocycles. The molecule has 1 fully saturated rings. The Bertz CT molecular complexity index is 1430. The van der Waals surface area contributed by atoms with Gasteiger partial charge in [-0.2, -0.15) is 0 Å². The van der Waals surface area contributed by atoms with E-state index in [4.69, 9.17) is 25.8 Å². The lowest BCUT2D eigenvalue weighted by Gasteiger charge is -2.20. The Kier molecular flexibility index (Phi) is 7.73. The molecule has 1 aliphatic carbocycles. The molecule has 0 N–H and O–H groups in total. The average Bonchev–Trinajstić information content (AvgIpc) is 3.73. The van der Waals surface area contributed by atoms with E-state index in [0.717, 1.165) is 40.5 Å². The van der Waals surface area contributed by atoms with Gasteiger partial charge in [-0.25, -0.2) is 9.37 Å². The van der Waals surface area contributed by atoms with Gasteiger partial charge in [0.05, 0.1) is 29.9 Å². The summed E-state index contributed by atoms with van der Waals surface area (Å²) in [6, 6.07) is 20.7. The van der Waals surface area contributed by atoms with Crippen LogP contribution in [-0.2, 0) is 4.74 Å². The van der Waals surface area contributed by atoms with Gasteiger partial charge in [0.15, 0.2) is 0 Å².